The van der Waals surface area contributed by atoms with Crippen molar-refractivity contribution in [3.63, 3.8) is 0 Å². The number of hydrogen-bond acceptors (Lipinski definition) is 4. The fraction of sp³-hybridized carbons (Fsp3) is 0.222. The Kier molecular flexibility index (Phi) is 5.86. The van der Waals surface area contributed by atoms with Crippen molar-refractivity contribution in [2.45, 2.75) is 13.0 Å². The van der Waals surface area contributed by atoms with Gasteiger partial charge in [0.05, 0.1) is 0 Å². The van der Waals surface area contributed by atoms with Crippen LogP contribution in [0.15, 0.2) is 42.5 Å². The van der Waals surface area contributed by atoms with Gasteiger partial charge < -0.3 is 14.4 Å². The molecule has 2 aromatic carbocycles. The SMILES string of the molecule is CN(C)C(=O)c1ccc(COc2ccc(C=O)cc2OC(F)(F)F)cc1. The number of carbonyl (C=O) groups is 2. The van der Waals surface area contributed by atoms with Gasteiger partial charge >= 0.3 is 6.36 Å². The van der Waals surface area contributed by atoms with Crippen molar-refractivity contribution in [3.8, 4) is 11.5 Å². The van der Waals surface area contributed by atoms with Crippen molar-refractivity contribution in [3.05, 3.63) is 59.2 Å². The molecule has 0 fully saturated rings. The molecule has 0 aliphatic heterocycles. The van der Waals surface area contributed by atoms with Crippen LogP contribution in [0.5, 0.6) is 11.5 Å². The van der Waals surface area contributed by atoms with E-state index in [0.29, 0.717) is 17.4 Å². The predicted molar refractivity (Wildman–Crippen MR) is 87.3 cm³/mol. The van der Waals surface area contributed by atoms with E-state index < -0.39 is 12.1 Å². The summed E-state index contributed by atoms with van der Waals surface area (Å²) in [7, 11) is 3.26. The summed E-state index contributed by atoms with van der Waals surface area (Å²) in [4.78, 5) is 24.0. The van der Waals surface area contributed by atoms with E-state index in [-0.39, 0.29) is 23.8 Å². The fourth-order valence-electron chi connectivity index (χ4n) is 2.08. The molecule has 0 aromatic heterocycles. The first-order valence-corrected chi connectivity index (χ1v) is 7.48. The summed E-state index contributed by atoms with van der Waals surface area (Å²) in [6.07, 6.45) is -4.50. The van der Waals surface area contributed by atoms with Crippen LogP contribution in [0.3, 0.4) is 0 Å². The third kappa shape index (κ3) is 5.23. The molecule has 138 valence electrons. The van der Waals surface area contributed by atoms with Gasteiger partial charge in [0.2, 0.25) is 0 Å². The normalized spacial score (nSPS) is 11.0. The van der Waals surface area contributed by atoms with E-state index in [4.69, 9.17) is 4.74 Å². The van der Waals surface area contributed by atoms with E-state index >= 15 is 0 Å². The Morgan fingerprint density at radius 3 is 2.27 bits per heavy atom. The number of hydrogen-bond donors (Lipinski definition) is 0. The van der Waals surface area contributed by atoms with Crippen LogP contribution in [-0.4, -0.2) is 37.6 Å². The Bertz CT molecular complexity index is 786. The number of nitrogens with zero attached hydrogens (tertiary/aromatic N) is 1. The molecule has 0 radical (unpaired) electrons. The zero-order valence-electron chi connectivity index (χ0n) is 14.0. The maximum absolute atomic E-state index is 12.5. The summed E-state index contributed by atoms with van der Waals surface area (Å²) in [6.45, 7) is -0.0366. The van der Waals surface area contributed by atoms with Crippen LogP contribution in [0.2, 0.25) is 0 Å². The third-order valence-corrected chi connectivity index (χ3v) is 3.33. The lowest BCUT2D eigenvalue weighted by molar-refractivity contribution is -0.275. The number of aldehydes is 1. The van der Waals surface area contributed by atoms with Crippen molar-refractivity contribution < 1.29 is 32.2 Å². The van der Waals surface area contributed by atoms with Crippen molar-refractivity contribution >= 4 is 12.2 Å². The lowest BCUT2D eigenvalue weighted by Crippen LogP contribution is -2.21. The number of amides is 1. The summed E-state index contributed by atoms with van der Waals surface area (Å²) in [5.41, 5.74) is 1.16. The second-order valence-corrected chi connectivity index (χ2v) is 5.56. The van der Waals surface area contributed by atoms with Crippen LogP contribution in [-0.2, 0) is 6.61 Å². The molecule has 0 N–H and O–H groups in total. The monoisotopic (exact) mass is 367 g/mol. The van der Waals surface area contributed by atoms with E-state index in [0.717, 1.165) is 6.07 Å². The average Bonchev–Trinajstić information content (AvgIpc) is 2.59. The Labute approximate surface area is 147 Å². The zero-order chi connectivity index (χ0) is 19.3. The molecule has 2 aromatic rings. The van der Waals surface area contributed by atoms with Gasteiger partial charge in [-0.05, 0) is 35.9 Å². The number of rotatable bonds is 6. The molecule has 0 heterocycles. The second kappa shape index (κ2) is 7.90. The topological polar surface area (TPSA) is 55.8 Å². The van der Waals surface area contributed by atoms with Crippen LogP contribution >= 0.6 is 0 Å². The molecular weight excluding hydrogens is 351 g/mol. The van der Waals surface area contributed by atoms with Crippen molar-refractivity contribution in [2.75, 3.05) is 14.1 Å². The average molecular weight is 367 g/mol. The maximum Gasteiger partial charge on any atom is 0.573 e. The Morgan fingerprint density at radius 2 is 1.73 bits per heavy atom. The van der Waals surface area contributed by atoms with Gasteiger partial charge in [-0.1, -0.05) is 12.1 Å². The molecule has 0 unspecified atom stereocenters. The van der Waals surface area contributed by atoms with Crippen LogP contribution in [0.25, 0.3) is 0 Å². The minimum Gasteiger partial charge on any atom is -0.485 e. The first-order valence-electron chi connectivity index (χ1n) is 7.48. The fourth-order valence-corrected chi connectivity index (χ4v) is 2.08. The molecule has 8 heteroatoms. The van der Waals surface area contributed by atoms with E-state index in [1.54, 1.807) is 38.4 Å². The van der Waals surface area contributed by atoms with E-state index in [1.807, 2.05) is 0 Å². The predicted octanol–water partition coefficient (Wildman–Crippen LogP) is 3.68. The van der Waals surface area contributed by atoms with Gasteiger partial charge in [-0.25, -0.2) is 0 Å². The van der Waals surface area contributed by atoms with Crippen molar-refractivity contribution in [1.82, 2.24) is 4.90 Å². The lowest BCUT2D eigenvalue weighted by Gasteiger charge is -2.15. The summed E-state index contributed by atoms with van der Waals surface area (Å²) in [5, 5.41) is 0. The molecule has 0 saturated heterocycles. The van der Waals surface area contributed by atoms with Crippen LogP contribution < -0.4 is 9.47 Å². The highest BCUT2D eigenvalue weighted by molar-refractivity contribution is 5.93. The van der Waals surface area contributed by atoms with Gasteiger partial charge in [0.25, 0.3) is 5.91 Å². The number of alkyl halides is 3. The first kappa shape index (κ1) is 19.3. The van der Waals surface area contributed by atoms with Gasteiger partial charge in [-0.2, -0.15) is 0 Å². The van der Waals surface area contributed by atoms with Gasteiger partial charge in [0.15, 0.2) is 11.5 Å². The standard InChI is InChI=1S/C18H16F3NO4/c1-22(2)17(24)14-6-3-12(4-7-14)11-25-15-8-5-13(10-23)9-16(15)26-18(19,20)21/h3-10H,11H2,1-2H3. The van der Waals surface area contributed by atoms with Gasteiger partial charge in [-0.3, -0.25) is 9.59 Å². The van der Waals surface area contributed by atoms with Gasteiger partial charge in [0.1, 0.15) is 12.9 Å². The zero-order valence-corrected chi connectivity index (χ0v) is 14.0. The Morgan fingerprint density at radius 1 is 1.08 bits per heavy atom. The molecule has 0 aliphatic carbocycles. The third-order valence-electron chi connectivity index (χ3n) is 3.33. The smallest absolute Gasteiger partial charge is 0.485 e. The largest absolute Gasteiger partial charge is 0.573 e. The highest BCUT2D eigenvalue weighted by Crippen LogP contribution is 2.33. The molecule has 0 aliphatic rings. The Hall–Kier alpha value is -3.03. The van der Waals surface area contributed by atoms with Crippen LogP contribution in [0, 0.1) is 0 Å². The molecule has 2 rings (SSSR count). The van der Waals surface area contributed by atoms with E-state index in [2.05, 4.69) is 4.74 Å². The minimum absolute atomic E-state index is 0.0307. The minimum atomic E-state index is -4.91. The quantitative estimate of drug-likeness (QED) is 0.731. The van der Waals surface area contributed by atoms with Gasteiger partial charge in [0, 0.05) is 25.2 Å². The number of carbonyl (C=O) groups excluding carboxylic acids is 2. The highest BCUT2D eigenvalue weighted by atomic mass is 19.4. The van der Waals surface area contributed by atoms with Crippen LogP contribution in [0.4, 0.5) is 13.2 Å². The highest BCUT2D eigenvalue weighted by Gasteiger charge is 2.32. The molecule has 0 spiro atoms. The van der Waals surface area contributed by atoms with E-state index in [9.17, 15) is 22.8 Å². The summed E-state index contributed by atoms with van der Waals surface area (Å²) in [6, 6.07) is 9.99. The maximum atomic E-state index is 12.5. The van der Waals surface area contributed by atoms with Crippen molar-refractivity contribution in [1.29, 1.82) is 0 Å². The molecule has 26 heavy (non-hydrogen) atoms. The molecule has 0 bridgehead atoms. The van der Waals surface area contributed by atoms with E-state index in [1.165, 1.54) is 17.0 Å². The number of benzene rings is 2. The second-order valence-electron chi connectivity index (χ2n) is 5.56. The lowest BCUT2D eigenvalue weighted by atomic mass is 10.1. The summed E-state index contributed by atoms with van der Waals surface area (Å²) in [5.74, 6) is -0.911. The molecule has 0 saturated carbocycles. The number of halogens is 3. The Balaban J connectivity index is 2.13. The molecule has 0 atom stereocenters. The van der Waals surface area contributed by atoms with Crippen molar-refractivity contribution in [2.24, 2.45) is 0 Å². The van der Waals surface area contributed by atoms with Gasteiger partial charge in [-0.15, -0.1) is 13.2 Å². The summed E-state index contributed by atoms with van der Waals surface area (Å²) < 4.78 is 46.8. The molecule has 5 nitrogen and oxygen atoms in total. The number of ether oxygens (including phenoxy) is 2. The molecule has 1 amide bonds. The van der Waals surface area contributed by atoms with Crippen LogP contribution in [0.1, 0.15) is 26.3 Å². The first-order chi connectivity index (χ1) is 12.2. The summed E-state index contributed by atoms with van der Waals surface area (Å²) >= 11 is 0. The molecular formula is C18H16F3NO4.